The van der Waals surface area contributed by atoms with Gasteiger partial charge in [-0.3, -0.25) is 25.2 Å². The van der Waals surface area contributed by atoms with E-state index in [0.29, 0.717) is 6.54 Å². The molecule has 28 heavy (non-hydrogen) atoms. The summed E-state index contributed by atoms with van der Waals surface area (Å²) in [5.74, 6) is -0.809. The predicted molar refractivity (Wildman–Crippen MR) is 107 cm³/mol. The van der Waals surface area contributed by atoms with E-state index < -0.39 is 5.91 Å². The van der Waals surface area contributed by atoms with Gasteiger partial charge in [0.05, 0.1) is 18.5 Å². The third kappa shape index (κ3) is 5.17. The smallest absolute Gasteiger partial charge is 0.271 e. The van der Waals surface area contributed by atoms with Gasteiger partial charge in [-0.1, -0.05) is 60.2 Å². The van der Waals surface area contributed by atoms with Crippen LogP contribution in [0.15, 0.2) is 77.7 Å². The molecular formula is C22H21N3O3. The lowest BCUT2D eigenvalue weighted by atomic mass is 10.1. The number of aromatic nitrogens is 1. The Kier molecular flexibility index (Phi) is 6.01. The van der Waals surface area contributed by atoms with Crippen molar-refractivity contribution in [3.63, 3.8) is 0 Å². The Balaban J connectivity index is 1.62. The SMILES string of the molecule is Cc1cccc(CC(=O)NNC(=O)c2ccc(=O)n(Cc3ccccc3)c2)c1. The normalized spacial score (nSPS) is 10.3. The van der Waals surface area contributed by atoms with Gasteiger partial charge in [-0.25, -0.2) is 0 Å². The summed E-state index contributed by atoms with van der Waals surface area (Å²) >= 11 is 0. The van der Waals surface area contributed by atoms with Crippen molar-refractivity contribution in [3.05, 3.63) is 106 Å². The molecule has 1 heterocycles. The average Bonchev–Trinajstić information content (AvgIpc) is 2.68. The first-order chi connectivity index (χ1) is 13.5. The summed E-state index contributed by atoms with van der Waals surface area (Å²) < 4.78 is 1.46. The summed E-state index contributed by atoms with van der Waals surface area (Å²) in [6.07, 6.45) is 1.65. The zero-order valence-electron chi connectivity index (χ0n) is 15.5. The van der Waals surface area contributed by atoms with Crippen molar-refractivity contribution >= 4 is 11.8 Å². The maximum absolute atomic E-state index is 12.3. The van der Waals surface area contributed by atoms with Crippen LogP contribution >= 0.6 is 0 Å². The number of hydrogen-bond donors (Lipinski definition) is 2. The molecule has 3 aromatic rings. The van der Waals surface area contributed by atoms with Gasteiger partial charge < -0.3 is 4.57 Å². The zero-order chi connectivity index (χ0) is 19.9. The van der Waals surface area contributed by atoms with E-state index in [0.717, 1.165) is 16.7 Å². The van der Waals surface area contributed by atoms with Gasteiger partial charge in [0, 0.05) is 12.3 Å². The van der Waals surface area contributed by atoms with Crippen molar-refractivity contribution < 1.29 is 9.59 Å². The molecule has 6 nitrogen and oxygen atoms in total. The van der Waals surface area contributed by atoms with Crippen molar-refractivity contribution in [2.24, 2.45) is 0 Å². The molecule has 0 saturated heterocycles. The van der Waals surface area contributed by atoms with E-state index in [1.807, 2.05) is 61.5 Å². The van der Waals surface area contributed by atoms with Crippen molar-refractivity contribution in [3.8, 4) is 0 Å². The molecule has 0 fully saturated rings. The van der Waals surface area contributed by atoms with Gasteiger partial charge in [0.1, 0.15) is 0 Å². The minimum atomic E-state index is -0.487. The van der Waals surface area contributed by atoms with Crippen LogP contribution in [0.2, 0.25) is 0 Å². The number of pyridine rings is 1. The molecule has 0 saturated carbocycles. The van der Waals surface area contributed by atoms with E-state index >= 15 is 0 Å². The lowest BCUT2D eigenvalue weighted by Crippen LogP contribution is -2.42. The molecule has 3 rings (SSSR count). The minimum absolute atomic E-state index is 0.162. The van der Waals surface area contributed by atoms with E-state index in [1.54, 1.807) is 0 Å². The van der Waals surface area contributed by atoms with Gasteiger partial charge in [-0.2, -0.15) is 0 Å². The van der Waals surface area contributed by atoms with Crippen LogP contribution in [0.5, 0.6) is 0 Å². The molecule has 0 atom stereocenters. The highest BCUT2D eigenvalue weighted by atomic mass is 16.2. The second kappa shape index (κ2) is 8.81. The van der Waals surface area contributed by atoms with Crippen molar-refractivity contribution in [2.45, 2.75) is 19.9 Å². The van der Waals surface area contributed by atoms with Crippen LogP contribution < -0.4 is 16.4 Å². The number of nitrogens with one attached hydrogen (secondary N) is 2. The summed E-state index contributed by atoms with van der Waals surface area (Å²) in [6.45, 7) is 2.31. The Morgan fingerprint density at radius 3 is 2.39 bits per heavy atom. The Morgan fingerprint density at radius 1 is 0.893 bits per heavy atom. The van der Waals surface area contributed by atoms with Crippen LogP contribution in [-0.4, -0.2) is 16.4 Å². The monoisotopic (exact) mass is 375 g/mol. The summed E-state index contributed by atoms with van der Waals surface area (Å²) in [6, 6.07) is 19.9. The molecule has 2 aromatic carbocycles. The van der Waals surface area contributed by atoms with Gasteiger partial charge in [0.15, 0.2) is 0 Å². The number of amides is 2. The van der Waals surface area contributed by atoms with Gasteiger partial charge in [0.25, 0.3) is 11.5 Å². The number of rotatable bonds is 5. The van der Waals surface area contributed by atoms with Gasteiger partial charge in [0.2, 0.25) is 5.91 Å². The summed E-state index contributed by atoms with van der Waals surface area (Å²) in [7, 11) is 0. The molecule has 142 valence electrons. The van der Waals surface area contributed by atoms with Gasteiger partial charge in [-0.15, -0.1) is 0 Å². The quantitative estimate of drug-likeness (QED) is 0.671. The zero-order valence-corrected chi connectivity index (χ0v) is 15.5. The highest BCUT2D eigenvalue weighted by Crippen LogP contribution is 2.05. The standard InChI is InChI=1S/C22H21N3O3/c1-16-6-5-9-18(12-16)13-20(26)23-24-22(28)19-10-11-21(27)25(15-19)14-17-7-3-2-4-8-17/h2-12,15H,13-14H2,1H3,(H,23,26)(H,24,28). The molecule has 0 unspecified atom stereocenters. The number of aryl methyl sites for hydroxylation is 1. The van der Waals surface area contributed by atoms with Crippen molar-refractivity contribution in [1.29, 1.82) is 0 Å². The Morgan fingerprint density at radius 2 is 1.64 bits per heavy atom. The van der Waals surface area contributed by atoms with Crippen LogP contribution in [0.25, 0.3) is 0 Å². The molecule has 0 radical (unpaired) electrons. The third-order valence-corrected chi connectivity index (χ3v) is 4.20. The topological polar surface area (TPSA) is 80.2 Å². The van der Waals surface area contributed by atoms with Crippen LogP contribution in [-0.2, 0) is 17.8 Å². The highest BCUT2D eigenvalue weighted by molar-refractivity contribution is 5.95. The lowest BCUT2D eigenvalue weighted by Gasteiger charge is -2.10. The van der Waals surface area contributed by atoms with Crippen molar-refractivity contribution in [2.75, 3.05) is 0 Å². The van der Waals surface area contributed by atoms with Crippen LogP contribution in [0.1, 0.15) is 27.0 Å². The lowest BCUT2D eigenvalue weighted by molar-refractivity contribution is -0.121. The Bertz CT molecular complexity index is 1040. The van der Waals surface area contributed by atoms with E-state index in [4.69, 9.17) is 0 Å². The summed E-state index contributed by atoms with van der Waals surface area (Å²) in [5.41, 5.74) is 7.76. The Hall–Kier alpha value is -3.67. The fraction of sp³-hybridized carbons (Fsp3) is 0.136. The first-order valence-electron chi connectivity index (χ1n) is 8.90. The largest absolute Gasteiger partial charge is 0.310 e. The van der Waals surface area contributed by atoms with Crippen molar-refractivity contribution in [1.82, 2.24) is 15.4 Å². The highest BCUT2D eigenvalue weighted by Gasteiger charge is 2.10. The average molecular weight is 375 g/mol. The van der Waals surface area contributed by atoms with Gasteiger partial charge >= 0.3 is 0 Å². The van der Waals surface area contributed by atoms with E-state index in [9.17, 15) is 14.4 Å². The fourth-order valence-electron chi connectivity index (χ4n) is 2.82. The predicted octanol–water partition coefficient (Wildman–Crippen LogP) is 2.21. The number of nitrogens with zero attached hydrogens (tertiary/aromatic N) is 1. The van der Waals surface area contributed by atoms with E-state index in [1.165, 1.54) is 22.9 Å². The second-order valence-corrected chi connectivity index (χ2v) is 6.54. The van der Waals surface area contributed by atoms with Crippen LogP contribution in [0.3, 0.4) is 0 Å². The second-order valence-electron chi connectivity index (χ2n) is 6.54. The number of hydrogen-bond acceptors (Lipinski definition) is 3. The summed E-state index contributed by atoms with van der Waals surface area (Å²) in [5, 5.41) is 0. The minimum Gasteiger partial charge on any atom is -0.310 e. The molecule has 0 aliphatic rings. The summed E-state index contributed by atoms with van der Waals surface area (Å²) in [4.78, 5) is 36.4. The molecule has 1 aromatic heterocycles. The molecular weight excluding hydrogens is 354 g/mol. The Labute approximate surface area is 162 Å². The van der Waals surface area contributed by atoms with Gasteiger partial charge in [-0.05, 0) is 24.1 Å². The molecule has 2 N–H and O–H groups in total. The molecule has 6 heteroatoms. The molecule has 0 aliphatic heterocycles. The first-order valence-corrected chi connectivity index (χ1v) is 8.90. The van der Waals surface area contributed by atoms with E-state index in [-0.39, 0.29) is 23.5 Å². The third-order valence-electron chi connectivity index (χ3n) is 4.20. The van der Waals surface area contributed by atoms with E-state index in [2.05, 4.69) is 10.9 Å². The molecule has 0 aliphatic carbocycles. The molecule has 0 bridgehead atoms. The molecule has 2 amide bonds. The fourth-order valence-corrected chi connectivity index (χ4v) is 2.82. The van der Waals surface area contributed by atoms with Crippen LogP contribution in [0.4, 0.5) is 0 Å². The maximum atomic E-state index is 12.3. The first kappa shape index (κ1) is 19.1. The van der Waals surface area contributed by atoms with Crippen LogP contribution in [0, 0.1) is 6.92 Å². The molecule has 0 spiro atoms. The number of hydrazine groups is 1. The maximum Gasteiger partial charge on any atom is 0.271 e. The number of benzene rings is 2. The number of carbonyl (C=O) groups is 2. The number of carbonyl (C=O) groups excluding carboxylic acids is 2.